The first-order valence-electron chi connectivity index (χ1n) is 6.41. The van der Waals surface area contributed by atoms with Crippen LogP contribution in [0.25, 0.3) is 0 Å². The van der Waals surface area contributed by atoms with E-state index in [-0.39, 0.29) is 4.90 Å². The van der Waals surface area contributed by atoms with Gasteiger partial charge in [-0.1, -0.05) is 11.6 Å². The predicted molar refractivity (Wildman–Crippen MR) is 84.4 cm³/mol. The number of aromatic nitrogens is 1. The van der Waals surface area contributed by atoms with Crippen molar-refractivity contribution in [2.24, 2.45) is 0 Å². The van der Waals surface area contributed by atoms with Gasteiger partial charge in [0.25, 0.3) is 0 Å². The molecule has 112 valence electrons. The quantitative estimate of drug-likeness (QED) is 0.930. The van der Waals surface area contributed by atoms with Crippen molar-refractivity contribution in [1.29, 1.82) is 0 Å². The molecule has 1 N–H and O–H groups in total. The van der Waals surface area contributed by atoms with Crippen molar-refractivity contribution >= 4 is 38.8 Å². The van der Waals surface area contributed by atoms with Gasteiger partial charge in [0.05, 0.1) is 5.02 Å². The zero-order chi connectivity index (χ0) is 15.0. The number of hydrogen-bond donors (Lipinski definition) is 1. The highest BCUT2D eigenvalue weighted by Crippen LogP contribution is 2.29. The van der Waals surface area contributed by atoms with Crippen LogP contribution in [-0.4, -0.2) is 31.3 Å². The molecule has 3 heterocycles. The van der Waals surface area contributed by atoms with Gasteiger partial charge >= 0.3 is 0 Å². The van der Waals surface area contributed by atoms with Crippen molar-refractivity contribution in [3.05, 3.63) is 39.2 Å². The SMILES string of the molecule is CNc1ncc(S(=O)(=O)N2CCc3sccc3C2)cc1Cl. The molecule has 0 saturated carbocycles. The van der Waals surface area contributed by atoms with Gasteiger partial charge in [-0.05, 0) is 29.5 Å². The molecule has 0 aliphatic carbocycles. The first kappa shape index (κ1) is 14.8. The van der Waals surface area contributed by atoms with Crippen LogP contribution in [0, 0.1) is 0 Å². The van der Waals surface area contributed by atoms with Gasteiger partial charge in [0.15, 0.2) is 0 Å². The molecule has 1 aliphatic heterocycles. The Hall–Kier alpha value is -1.15. The van der Waals surface area contributed by atoms with Crippen molar-refractivity contribution in [2.45, 2.75) is 17.9 Å². The molecule has 0 aromatic carbocycles. The lowest BCUT2D eigenvalue weighted by molar-refractivity contribution is 0.394. The van der Waals surface area contributed by atoms with E-state index in [1.807, 2.05) is 11.4 Å². The van der Waals surface area contributed by atoms with Crippen LogP contribution in [0.2, 0.25) is 5.02 Å². The standard InChI is InChI=1S/C13H14ClN3O2S2/c1-15-13-11(14)6-10(7-16-13)21(18,19)17-4-2-12-9(8-17)3-5-20-12/h3,5-7H,2,4,8H2,1H3,(H,15,16). The summed E-state index contributed by atoms with van der Waals surface area (Å²) in [4.78, 5) is 5.44. The van der Waals surface area contributed by atoms with Crippen molar-refractivity contribution in [3.8, 4) is 0 Å². The Morgan fingerprint density at radius 2 is 2.29 bits per heavy atom. The molecule has 2 aromatic rings. The monoisotopic (exact) mass is 343 g/mol. The molecule has 2 aromatic heterocycles. The van der Waals surface area contributed by atoms with Crippen LogP contribution in [0.3, 0.4) is 0 Å². The molecule has 0 amide bonds. The van der Waals surface area contributed by atoms with Crippen molar-refractivity contribution in [1.82, 2.24) is 9.29 Å². The van der Waals surface area contributed by atoms with Crippen molar-refractivity contribution in [3.63, 3.8) is 0 Å². The summed E-state index contributed by atoms with van der Waals surface area (Å²) in [6.45, 7) is 0.897. The summed E-state index contributed by atoms with van der Waals surface area (Å²) < 4.78 is 26.8. The van der Waals surface area contributed by atoms with Gasteiger partial charge in [-0.15, -0.1) is 11.3 Å². The molecule has 0 unspecified atom stereocenters. The Morgan fingerprint density at radius 1 is 1.48 bits per heavy atom. The number of pyridine rings is 1. The number of nitrogens with one attached hydrogen (secondary N) is 1. The van der Waals surface area contributed by atoms with Crippen LogP contribution in [0.5, 0.6) is 0 Å². The van der Waals surface area contributed by atoms with E-state index in [0.717, 1.165) is 12.0 Å². The fraction of sp³-hybridized carbons (Fsp3) is 0.308. The van der Waals surface area contributed by atoms with Gasteiger partial charge in [-0.3, -0.25) is 0 Å². The number of anilines is 1. The third kappa shape index (κ3) is 2.66. The van der Waals surface area contributed by atoms with Crippen molar-refractivity contribution < 1.29 is 8.42 Å². The Labute approximate surface area is 132 Å². The first-order valence-corrected chi connectivity index (χ1v) is 9.11. The second-order valence-corrected chi connectivity index (χ2v) is 8.05. The van der Waals surface area contributed by atoms with Crippen LogP contribution in [-0.2, 0) is 23.0 Å². The van der Waals surface area contributed by atoms with E-state index in [1.54, 1.807) is 18.4 Å². The fourth-order valence-electron chi connectivity index (χ4n) is 2.32. The largest absolute Gasteiger partial charge is 0.372 e. The van der Waals surface area contributed by atoms with Crippen LogP contribution < -0.4 is 5.32 Å². The van der Waals surface area contributed by atoms with Crippen LogP contribution in [0.15, 0.2) is 28.6 Å². The molecular weight excluding hydrogens is 330 g/mol. The molecule has 0 spiro atoms. The van der Waals surface area contributed by atoms with Crippen LogP contribution >= 0.6 is 22.9 Å². The highest BCUT2D eigenvalue weighted by molar-refractivity contribution is 7.89. The Bertz CT molecular complexity index is 773. The summed E-state index contributed by atoms with van der Waals surface area (Å²) in [6, 6.07) is 3.43. The minimum atomic E-state index is -3.57. The molecule has 0 radical (unpaired) electrons. The minimum Gasteiger partial charge on any atom is -0.372 e. The Balaban J connectivity index is 1.93. The average Bonchev–Trinajstić information content (AvgIpc) is 2.94. The molecule has 8 heteroatoms. The summed E-state index contributed by atoms with van der Waals surface area (Å²) in [5, 5.41) is 5.11. The van der Waals surface area contributed by atoms with E-state index < -0.39 is 10.0 Å². The van der Waals surface area contributed by atoms with E-state index in [0.29, 0.717) is 23.9 Å². The number of hydrogen-bond acceptors (Lipinski definition) is 5. The second-order valence-electron chi connectivity index (χ2n) is 4.71. The number of rotatable bonds is 3. The topological polar surface area (TPSA) is 62.3 Å². The number of nitrogens with zero attached hydrogens (tertiary/aromatic N) is 2. The molecule has 5 nitrogen and oxygen atoms in total. The third-order valence-corrected chi connectivity index (χ3v) is 6.58. The smallest absolute Gasteiger partial charge is 0.244 e. The zero-order valence-corrected chi connectivity index (χ0v) is 13.7. The average molecular weight is 344 g/mol. The highest BCUT2D eigenvalue weighted by atomic mass is 35.5. The maximum absolute atomic E-state index is 12.7. The van der Waals surface area contributed by atoms with Crippen LogP contribution in [0.1, 0.15) is 10.4 Å². The first-order chi connectivity index (χ1) is 10.0. The van der Waals surface area contributed by atoms with E-state index >= 15 is 0 Å². The lowest BCUT2D eigenvalue weighted by Gasteiger charge is -2.26. The maximum atomic E-state index is 12.7. The molecular formula is C13H14ClN3O2S2. The molecule has 0 saturated heterocycles. The zero-order valence-electron chi connectivity index (χ0n) is 11.3. The van der Waals surface area contributed by atoms with Gasteiger partial charge in [-0.25, -0.2) is 13.4 Å². The number of halogens is 1. The van der Waals surface area contributed by atoms with E-state index in [9.17, 15) is 8.42 Å². The van der Waals surface area contributed by atoms with E-state index in [2.05, 4.69) is 10.3 Å². The summed E-state index contributed by atoms with van der Waals surface area (Å²) >= 11 is 7.71. The fourth-order valence-corrected chi connectivity index (χ4v) is 4.93. The maximum Gasteiger partial charge on any atom is 0.244 e. The summed E-state index contributed by atoms with van der Waals surface area (Å²) in [5.74, 6) is 0.467. The second kappa shape index (κ2) is 5.57. The number of sulfonamides is 1. The lowest BCUT2D eigenvalue weighted by Crippen LogP contribution is -2.35. The summed E-state index contributed by atoms with van der Waals surface area (Å²) in [7, 11) is -1.88. The normalized spacial score (nSPS) is 15.7. The molecule has 3 rings (SSSR count). The van der Waals surface area contributed by atoms with E-state index in [1.165, 1.54) is 21.4 Å². The van der Waals surface area contributed by atoms with Crippen LogP contribution in [0.4, 0.5) is 5.82 Å². The third-order valence-electron chi connectivity index (χ3n) is 3.46. The number of thiophene rings is 1. The minimum absolute atomic E-state index is 0.130. The lowest BCUT2D eigenvalue weighted by atomic mass is 10.1. The van der Waals surface area contributed by atoms with Gasteiger partial charge in [0, 0.05) is 31.2 Å². The van der Waals surface area contributed by atoms with Gasteiger partial charge < -0.3 is 5.32 Å². The Kier molecular flexibility index (Phi) is 3.92. The molecule has 1 aliphatic rings. The van der Waals surface area contributed by atoms with Gasteiger partial charge in [0.2, 0.25) is 10.0 Å². The van der Waals surface area contributed by atoms with Crippen molar-refractivity contribution in [2.75, 3.05) is 18.9 Å². The summed E-state index contributed by atoms with van der Waals surface area (Å²) in [6.07, 6.45) is 2.10. The molecule has 0 fully saturated rings. The Morgan fingerprint density at radius 3 is 3.00 bits per heavy atom. The van der Waals surface area contributed by atoms with Gasteiger partial charge in [-0.2, -0.15) is 4.31 Å². The predicted octanol–water partition coefficient (Wildman–Crippen LogP) is 2.59. The number of fused-ring (bicyclic) bond motifs is 1. The summed E-state index contributed by atoms with van der Waals surface area (Å²) in [5.41, 5.74) is 1.08. The van der Waals surface area contributed by atoms with Gasteiger partial charge in [0.1, 0.15) is 10.7 Å². The van der Waals surface area contributed by atoms with E-state index in [4.69, 9.17) is 11.6 Å². The molecule has 0 atom stereocenters. The highest BCUT2D eigenvalue weighted by Gasteiger charge is 2.29. The molecule has 21 heavy (non-hydrogen) atoms. The molecule has 0 bridgehead atoms.